The van der Waals surface area contributed by atoms with Crippen LogP contribution in [0.15, 0.2) is 59.5 Å². The summed E-state index contributed by atoms with van der Waals surface area (Å²) in [6, 6.07) is 10.7. The zero-order valence-corrected chi connectivity index (χ0v) is 15.2. The number of fused-ring (bicyclic) bond motifs is 1. The molecule has 1 aliphatic rings. The van der Waals surface area contributed by atoms with Crippen LogP contribution in [0, 0.1) is 0 Å². The van der Waals surface area contributed by atoms with E-state index in [4.69, 9.17) is 25.5 Å². The van der Waals surface area contributed by atoms with E-state index < -0.39 is 0 Å². The molecule has 0 fully saturated rings. The van der Waals surface area contributed by atoms with Gasteiger partial charge in [-0.2, -0.15) is 0 Å². The molecule has 7 heteroatoms. The molecule has 3 heterocycles. The Morgan fingerprint density at radius 2 is 2.04 bits per heavy atom. The number of amides is 1. The van der Waals surface area contributed by atoms with Gasteiger partial charge in [0.05, 0.1) is 17.8 Å². The van der Waals surface area contributed by atoms with Gasteiger partial charge in [0.25, 0.3) is 5.91 Å². The predicted octanol–water partition coefficient (Wildman–Crippen LogP) is 3.94. The molecule has 1 aromatic carbocycles. The van der Waals surface area contributed by atoms with E-state index in [2.05, 4.69) is 4.98 Å². The zero-order chi connectivity index (χ0) is 18.6. The third kappa shape index (κ3) is 3.90. The van der Waals surface area contributed by atoms with Gasteiger partial charge in [-0.1, -0.05) is 17.7 Å². The zero-order valence-electron chi connectivity index (χ0n) is 14.4. The van der Waals surface area contributed by atoms with Gasteiger partial charge in [-0.3, -0.25) is 9.78 Å². The molecule has 27 heavy (non-hydrogen) atoms. The van der Waals surface area contributed by atoms with Gasteiger partial charge in [0.2, 0.25) is 0 Å². The summed E-state index contributed by atoms with van der Waals surface area (Å²) in [4.78, 5) is 19.0. The van der Waals surface area contributed by atoms with Crippen molar-refractivity contribution in [2.24, 2.45) is 0 Å². The molecule has 0 spiro atoms. The number of ether oxygens (including phenoxy) is 2. The van der Waals surface area contributed by atoms with Crippen LogP contribution in [0.5, 0.6) is 11.5 Å². The Kier molecular flexibility index (Phi) is 4.98. The van der Waals surface area contributed by atoms with Crippen molar-refractivity contribution in [3.05, 3.63) is 77.0 Å². The fourth-order valence-corrected chi connectivity index (χ4v) is 3.18. The first kappa shape index (κ1) is 17.4. The third-order valence-electron chi connectivity index (χ3n) is 4.15. The second-order valence-corrected chi connectivity index (χ2v) is 6.49. The highest BCUT2D eigenvalue weighted by atomic mass is 35.5. The molecule has 3 aromatic rings. The summed E-state index contributed by atoms with van der Waals surface area (Å²) in [5.74, 6) is 1.46. The Morgan fingerprint density at radius 1 is 1.15 bits per heavy atom. The van der Waals surface area contributed by atoms with Crippen molar-refractivity contribution in [3.63, 3.8) is 0 Å². The van der Waals surface area contributed by atoms with E-state index in [0.29, 0.717) is 54.1 Å². The molecule has 0 N–H and O–H groups in total. The first-order valence-electron chi connectivity index (χ1n) is 8.50. The molecule has 0 unspecified atom stereocenters. The SMILES string of the molecule is O=C(c1cc(Cl)c2c(c1)OCCO2)N(Cc1cccnc1)Cc1ccco1. The van der Waals surface area contributed by atoms with Crippen LogP contribution in [0.1, 0.15) is 21.7 Å². The van der Waals surface area contributed by atoms with Crippen LogP contribution in [0.4, 0.5) is 0 Å². The third-order valence-corrected chi connectivity index (χ3v) is 4.43. The molecular weight excluding hydrogens is 368 g/mol. The first-order chi connectivity index (χ1) is 13.2. The van der Waals surface area contributed by atoms with Crippen LogP contribution >= 0.6 is 11.6 Å². The molecule has 1 amide bonds. The largest absolute Gasteiger partial charge is 0.486 e. The lowest BCUT2D eigenvalue weighted by Gasteiger charge is -2.24. The van der Waals surface area contributed by atoms with Crippen LogP contribution in [0.2, 0.25) is 5.02 Å². The standard InChI is InChI=1S/C20H17ClN2O4/c21-17-9-15(10-18-19(17)27-8-7-26-18)20(24)23(13-16-4-2-6-25-16)12-14-3-1-5-22-11-14/h1-6,9-11H,7-8,12-13H2. The summed E-state index contributed by atoms with van der Waals surface area (Å²) >= 11 is 6.29. The number of hydrogen-bond acceptors (Lipinski definition) is 5. The number of rotatable bonds is 5. The van der Waals surface area contributed by atoms with E-state index in [0.717, 1.165) is 5.56 Å². The number of carbonyl (C=O) groups excluding carboxylic acids is 1. The molecule has 0 bridgehead atoms. The van der Waals surface area contributed by atoms with E-state index in [-0.39, 0.29) is 5.91 Å². The molecule has 1 aliphatic heterocycles. The van der Waals surface area contributed by atoms with Gasteiger partial charge in [0, 0.05) is 24.5 Å². The monoisotopic (exact) mass is 384 g/mol. The van der Waals surface area contributed by atoms with Crippen molar-refractivity contribution < 1.29 is 18.7 Å². The topological polar surface area (TPSA) is 64.8 Å². The van der Waals surface area contributed by atoms with Crippen molar-refractivity contribution in [1.29, 1.82) is 0 Å². The number of hydrogen-bond donors (Lipinski definition) is 0. The summed E-state index contributed by atoms with van der Waals surface area (Å²) in [6.45, 7) is 1.57. The van der Waals surface area contributed by atoms with Gasteiger partial charge in [-0.25, -0.2) is 0 Å². The van der Waals surface area contributed by atoms with Gasteiger partial charge in [-0.05, 0) is 35.9 Å². The minimum absolute atomic E-state index is 0.186. The van der Waals surface area contributed by atoms with Crippen molar-refractivity contribution in [3.8, 4) is 11.5 Å². The average Bonchev–Trinajstić information content (AvgIpc) is 3.21. The van der Waals surface area contributed by atoms with E-state index in [1.165, 1.54) is 0 Å². The Hall–Kier alpha value is -2.99. The first-order valence-corrected chi connectivity index (χ1v) is 8.88. The summed E-state index contributed by atoms with van der Waals surface area (Å²) < 4.78 is 16.5. The molecule has 0 saturated carbocycles. The molecule has 0 radical (unpaired) electrons. The Balaban J connectivity index is 1.64. The van der Waals surface area contributed by atoms with Crippen LogP contribution in [-0.2, 0) is 13.1 Å². The maximum Gasteiger partial charge on any atom is 0.254 e. The number of carbonyl (C=O) groups is 1. The minimum atomic E-state index is -0.186. The second kappa shape index (κ2) is 7.72. The summed E-state index contributed by atoms with van der Waals surface area (Å²) in [5.41, 5.74) is 1.35. The highest BCUT2D eigenvalue weighted by molar-refractivity contribution is 6.32. The number of furan rings is 1. The van der Waals surface area contributed by atoms with Crippen LogP contribution in [0.25, 0.3) is 0 Å². The lowest BCUT2D eigenvalue weighted by molar-refractivity contribution is 0.0716. The van der Waals surface area contributed by atoms with Crippen molar-refractivity contribution in [2.75, 3.05) is 13.2 Å². The fourth-order valence-electron chi connectivity index (χ4n) is 2.92. The molecule has 4 rings (SSSR count). The number of nitrogens with zero attached hydrogens (tertiary/aromatic N) is 2. The Bertz CT molecular complexity index is 929. The van der Waals surface area contributed by atoms with E-state index in [9.17, 15) is 4.79 Å². The van der Waals surface area contributed by atoms with E-state index >= 15 is 0 Å². The second-order valence-electron chi connectivity index (χ2n) is 6.08. The molecule has 0 atom stereocenters. The highest BCUT2D eigenvalue weighted by Gasteiger charge is 2.23. The molecule has 6 nitrogen and oxygen atoms in total. The maximum absolute atomic E-state index is 13.2. The fraction of sp³-hybridized carbons (Fsp3) is 0.200. The van der Waals surface area contributed by atoms with E-state index in [1.807, 2.05) is 18.2 Å². The Labute approximate surface area is 161 Å². The summed E-state index contributed by atoms with van der Waals surface area (Å²) in [7, 11) is 0. The predicted molar refractivity (Wildman–Crippen MR) is 99.0 cm³/mol. The van der Waals surface area contributed by atoms with Gasteiger partial charge >= 0.3 is 0 Å². The average molecular weight is 385 g/mol. The lowest BCUT2D eigenvalue weighted by atomic mass is 10.1. The van der Waals surface area contributed by atoms with Crippen molar-refractivity contribution in [2.45, 2.75) is 13.1 Å². The van der Waals surface area contributed by atoms with Gasteiger partial charge < -0.3 is 18.8 Å². The van der Waals surface area contributed by atoms with Crippen molar-refractivity contribution in [1.82, 2.24) is 9.88 Å². The molecule has 2 aromatic heterocycles. The number of aromatic nitrogens is 1. The maximum atomic E-state index is 13.2. The molecule has 138 valence electrons. The summed E-state index contributed by atoms with van der Waals surface area (Å²) in [5, 5.41) is 0.356. The lowest BCUT2D eigenvalue weighted by Crippen LogP contribution is -2.30. The molecule has 0 saturated heterocycles. The smallest absolute Gasteiger partial charge is 0.254 e. The Morgan fingerprint density at radius 3 is 2.81 bits per heavy atom. The van der Waals surface area contributed by atoms with Crippen LogP contribution < -0.4 is 9.47 Å². The van der Waals surface area contributed by atoms with Gasteiger partial charge in [0.15, 0.2) is 11.5 Å². The number of benzene rings is 1. The normalized spacial score (nSPS) is 12.6. The van der Waals surface area contributed by atoms with Gasteiger partial charge in [0.1, 0.15) is 19.0 Å². The minimum Gasteiger partial charge on any atom is -0.486 e. The molecule has 0 aliphatic carbocycles. The summed E-state index contributed by atoms with van der Waals surface area (Å²) in [6.07, 6.45) is 5.02. The quantitative estimate of drug-likeness (QED) is 0.666. The van der Waals surface area contributed by atoms with Gasteiger partial charge in [-0.15, -0.1) is 0 Å². The van der Waals surface area contributed by atoms with Crippen LogP contribution in [0.3, 0.4) is 0 Å². The number of halogens is 1. The van der Waals surface area contributed by atoms with Crippen molar-refractivity contribution >= 4 is 17.5 Å². The highest BCUT2D eigenvalue weighted by Crippen LogP contribution is 2.38. The van der Waals surface area contributed by atoms with Crippen LogP contribution in [-0.4, -0.2) is 29.0 Å². The number of pyridine rings is 1. The van der Waals surface area contributed by atoms with E-state index in [1.54, 1.807) is 41.8 Å². The molecular formula is C20H17ClN2O4.